The second-order valence-electron chi connectivity index (χ2n) is 29.8. The minimum atomic E-state index is 0.441. The first kappa shape index (κ1) is 62.7. The first-order valence-electron chi connectivity index (χ1n) is 38.4. The van der Waals surface area contributed by atoms with Crippen LogP contribution in [0.2, 0.25) is 0 Å². The Balaban J connectivity index is 0.568. The van der Waals surface area contributed by atoms with Crippen molar-refractivity contribution in [3.05, 3.63) is 315 Å². The van der Waals surface area contributed by atoms with Gasteiger partial charge in [-0.2, -0.15) is 0 Å². The van der Waals surface area contributed by atoms with Crippen LogP contribution < -0.4 is 0 Å². The molecule has 0 amide bonds. The molecule has 0 unspecified atom stereocenters. The average molecular weight is 1490 g/mol. The van der Waals surface area contributed by atoms with Crippen molar-refractivity contribution in [2.24, 2.45) is 0 Å². The van der Waals surface area contributed by atoms with Gasteiger partial charge < -0.3 is 35.3 Å². The van der Waals surface area contributed by atoms with Crippen LogP contribution in [0.4, 0.5) is 0 Å². The van der Waals surface area contributed by atoms with Gasteiger partial charge in [-0.1, -0.05) is 200 Å². The van der Waals surface area contributed by atoms with Crippen LogP contribution in [0, 0.1) is 0 Å². The molecule has 0 atom stereocenters. The van der Waals surface area contributed by atoms with Crippen molar-refractivity contribution < 1.29 is 35.3 Å². The number of aromatic nitrogens is 6. The highest BCUT2D eigenvalue weighted by Gasteiger charge is 2.27. The fourth-order valence-corrected chi connectivity index (χ4v) is 17.7. The van der Waals surface area contributed by atoms with E-state index in [-0.39, 0.29) is 0 Å². The maximum atomic E-state index is 6.87. The van der Waals surface area contributed by atoms with Crippen molar-refractivity contribution in [3.8, 4) is 102 Å². The molecule has 0 radical (unpaired) electrons. The smallest absolute Gasteiger partial charge is 0.167 e. The van der Waals surface area contributed by atoms with Gasteiger partial charge >= 0.3 is 0 Å². The second kappa shape index (κ2) is 23.7. The van der Waals surface area contributed by atoms with Crippen LogP contribution in [0.1, 0.15) is 0 Å². The van der Waals surface area contributed by atoms with Gasteiger partial charge in [0.25, 0.3) is 0 Å². The van der Waals surface area contributed by atoms with E-state index in [9.17, 15) is 0 Å². The molecule has 0 fully saturated rings. The third-order valence-electron chi connectivity index (χ3n) is 23.2. The van der Waals surface area contributed by atoms with E-state index in [0.717, 1.165) is 186 Å². The number of hydrogen-bond acceptors (Lipinski definition) is 14. The quantitative estimate of drug-likeness (QED) is 0.133. The topological polar surface area (TPSA) is 182 Å². The lowest BCUT2D eigenvalue weighted by molar-refractivity contribution is 0.655. The Labute approximate surface area is 654 Å². The molecule has 14 nitrogen and oxygen atoms in total. The number of rotatable bonds is 9. The summed E-state index contributed by atoms with van der Waals surface area (Å²) in [5, 5.41) is 15.5. The monoisotopic (exact) mass is 1490 g/mol. The Morgan fingerprint density at radius 2 is 0.388 bits per heavy atom. The Bertz CT molecular complexity index is 8350. The van der Waals surface area contributed by atoms with Crippen LogP contribution in [-0.2, 0) is 0 Å². The van der Waals surface area contributed by atoms with Gasteiger partial charge in [-0.05, 0) is 124 Å². The maximum absolute atomic E-state index is 6.87. The van der Waals surface area contributed by atoms with Gasteiger partial charge in [-0.25, -0.2) is 29.9 Å². The zero-order valence-electron chi connectivity index (χ0n) is 61.0. The van der Waals surface area contributed by atoms with Crippen LogP contribution in [0.25, 0.3) is 277 Å². The maximum Gasteiger partial charge on any atom is 0.167 e. The van der Waals surface area contributed by atoms with Gasteiger partial charge in [0.05, 0.1) is 11.1 Å². The fourth-order valence-electron chi connectivity index (χ4n) is 17.7. The summed E-state index contributed by atoms with van der Waals surface area (Å²) in [5.74, 6) is 2.83. The molecule has 10 heterocycles. The van der Waals surface area contributed by atoms with Gasteiger partial charge in [0.1, 0.15) is 89.3 Å². The molecule has 0 saturated carbocycles. The predicted molar refractivity (Wildman–Crippen MR) is 460 cm³/mol. The third kappa shape index (κ3) is 9.46. The average Bonchev–Trinajstić information content (AvgIpc) is 1.59. The Morgan fingerprint density at radius 1 is 0.138 bits per heavy atom. The minimum absolute atomic E-state index is 0.441. The van der Waals surface area contributed by atoms with E-state index < -0.39 is 0 Å². The van der Waals surface area contributed by atoms with E-state index in [4.69, 9.17) is 65.2 Å². The molecule has 10 aromatic heterocycles. The zero-order chi connectivity index (χ0) is 75.5. The molecule has 0 spiro atoms. The molecule has 0 aliphatic heterocycles. The van der Waals surface area contributed by atoms with Crippen LogP contribution in [-0.4, -0.2) is 29.9 Å². The lowest BCUT2D eigenvalue weighted by Crippen LogP contribution is -2.01. The summed E-state index contributed by atoms with van der Waals surface area (Å²) in [6, 6.07) is 108. The third-order valence-corrected chi connectivity index (χ3v) is 23.2. The lowest BCUT2D eigenvalue weighted by atomic mass is 9.96. The van der Waals surface area contributed by atoms with Crippen molar-refractivity contribution in [1.29, 1.82) is 0 Å². The van der Waals surface area contributed by atoms with Gasteiger partial charge in [0.2, 0.25) is 0 Å². The number of benzene rings is 16. The number of hydrogen-bond donors (Lipinski definition) is 0. The van der Waals surface area contributed by atoms with E-state index in [0.29, 0.717) is 90.7 Å². The number of fused-ring (bicyclic) bond motifs is 24. The first-order valence-corrected chi connectivity index (χ1v) is 38.4. The molecule has 26 rings (SSSR count). The van der Waals surface area contributed by atoms with Gasteiger partial charge in [-0.3, -0.25) is 0 Å². The van der Waals surface area contributed by atoms with E-state index in [1.54, 1.807) is 0 Å². The summed E-state index contributed by atoms with van der Waals surface area (Å²) in [7, 11) is 0. The van der Waals surface area contributed by atoms with E-state index >= 15 is 0 Å². The van der Waals surface area contributed by atoms with Crippen molar-refractivity contribution >= 4 is 176 Å². The normalized spacial score (nSPS) is 12.3. The van der Waals surface area contributed by atoms with Crippen LogP contribution in [0.3, 0.4) is 0 Å². The summed E-state index contributed by atoms with van der Waals surface area (Å²) >= 11 is 0. The van der Waals surface area contributed by atoms with Crippen molar-refractivity contribution in [2.75, 3.05) is 0 Å². The molecule has 26 aromatic rings. The molecule has 0 aliphatic carbocycles. The van der Waals surface area contributed by atoms with Gasteiger partial charge in [-0.15, -0.1) is 0 Å². The highest BCUT2D eigenvalue weighted by Crippen LogP contribution is 2.48. The number of nitrogens with zero attached hydrogens (tertiary/aromatic N) is 6. The van der Waals surface area contributed by atoms with Crippen molar-refractivity contribution in [2.45, 2.75) is 0 Å². The molecule has 14 heteroatoms. The Kier molecular flexibility index (Phi) is 12.8. The minimum Gasteiger partial charge on any atom is -0.456 e. The van der Waals surface area contributed by atoms with Gasteiger partial charge in [0, 0.05) is 133 Å². The first-order chi connectivity index (χ1) is 57.4. The highest BCUT2D eigenvalue weighted by molar-refractivity contribution is 6.22. The summed E-state index contributed by atoms with van der Waals surface area (Å²) in [4.78, 5) is 32.4. The van der Waals surface area contributed by atoms with Crippen LogP contribution in [0.15, 0.2) is 351 Å². The van der Waals surface area contributed by atoms with Crippen LogP contribution >= 0.6 is 0 Å². The summed E-state index contributed by atoms with van der Waals surface area (Å²) in [6.45, 7) is 0. The highest BCUT2D eigenvalue weighted by atomic mass is 16.4. The predicted octanol–water partition coefficient (Wildman–Crippen LogP) is 28.3. The summed E-state index contributed by atoms with van der Waals surface area (Å²) in [6.07, 6.45) is 0. The second-order valence-corrected chi connectivity index (χ2v) is 29.8. The lowest BCUT2D eigenvalue weighted by Gasteiger charge is -2.12. The molecule has 16 aromatic carbocycles. The Morgan fingerprint density at radius 3 is 0.776 bits per heavy atom. The van der Waals surface area contributed by atoms with E-state index in [1.807, 2.05) is 146 Å². The van der Waals surface area contributed by atoms with Gasteiger partial charge in [0.15, 0.2) is 34.9 Å². The SMILES string of the molecule is c1cc(-c2ccc(-c3cccc(-c4nc(-c5cccc6oc7cc8oc9ccccc9c8cc7c56)nc(-c5cccc6oc7cc8oc9ccccc9c8cc7c56)n4)c3)cc2)cc(-c2cccc(-c3nc(-c4cccc5c4oc4cc6oc7ccccc7c6cc45)nc(-c4cccc5c4oc4cc6oc7ccccc7c6cc45)n3)c2)c1. The largest absolute Gasteiger partial charge is 0.456 e. The molecular weight excluding hydrogens is 1440 g/mol. The molecule has 0 saturated heterocycles. The molecule has 0 aliphatic rings. The summed E-state index contributed by atoms with van der Waals surface area (Å²) < 4.78 is 52.5. The standard InChI is InChI=1S/C102H52N6O8/c1-5-32-79-61(22-1)71-45-75-65-26-12-30-69(95(65)115-89(75)49-85(71)109-79)101-105-98(106-102(108-101)70-31-13-27-66-76-46-72-62-23-2-6-33-80(62)110-86(72)50-90(76)116-96(66)70)60-21-11-19-58(44-60)57-18-9-16-55(42-57)53-38-40-54(41-39-53)56-17-10-20-59(43-56)97-103-99(67-28-14-36-83-93(67)77-47-73-63-24-3-7-34-81(63)111-87(73)51-91(77)113-83)107-100(104-97)68-29-15-37-84-94(68)78-48-74-64-25-4-8-35-82(64)112-88(74)52-92(78)114-84/h1-52H. The molecule has 116 heavy (non-hydrogen) atoms. The molecular formula is C102H52N6O8. The van der Waals surface area contributed by atoms with Crippen molar-refractivity contribution in [3.63, 3.8) is 0 Å². The fraction of sp³-hybridized carbons (Fsp3) is 0. The molecule has 0 bridgehead atoms. The van der Waals surface area contributed by atoms with E-state index in [1.165, 1.54) is 0 Å². The summed E-state index contributed by atoms with van der Waals surface area (Å²) in [5.41, 5.74) is 22.5. The number of para-hydroxylation sites is 6. The zero-order valence-corrected chi connectivity index (χ0v) is 61.0. The molecule has 538 valence electrons. The molecule has 0 N–H and O–H groups in total. The van der Waals surface area contributed by atoms with Crippen LogP contribution in [0.5, 0.6) is 0 Å². The van der Waals surface area contributed by atoms with E-state index in [2.05, 4.69) is 170 Å². The Hall–Kier alpha value is -16.1. The van der Waals surface area contributed by atoms with Crippen molar-refractivity contribution in [1.82, 2.24) is 29.9 Å². The number of furan rings is 8.